The second-order valence-corrected chi connectivity index (χ2v) is 4.61. The maximum atomic E-state index is 5.76. The molecule has 0 amide bonds. The average molecular weight is 233 g/mol. The minimum atomic E-state index is 0.666. The van der Waals surface area contributed by atoms with Gasteiger partial charge >= 0.3 is 0 Å². The highest BCUT2D eigenvalue weighted by molar-refractivity contribution is 7.99. The first kappa shape index (κ1) is 9.59. The molecule has 0 aliphatic carbocycles. The van der Waals surface area contributed by atoms with Crippen molar-refractivity contribution in [1.82, 2.24) is 9.78 Å². The lowest BCUT2D eigenvalue weighted by atomic mass is 10.1. The van der Waals surface area contributed by atoms with E-state index in [4.69, 9.17) is 10.5 Å². The first-order valence-electron chi connectivity index (χ1n) is 4.93. The van der Waals surface area contributed by atoms with Gasteiger partial charge in [0.2, 0.25) is 0 Å². The molecule has 1 aromatic heterocycles. The maximum absolute atomic E-state index is 5.76. The van der Waals surface area contributed by atoms with E-state index in [0.717, 1.165) is 17.0 Å². The number of hydrogen-bond donors (Lipinski definition) is 1. The SMILES string of the molecule is Cn1nc(-c2ccc3c(c2)SCO3)cc1N. The Balaban J connectivity index is 2.07. The van der Waals surface area contributed by atoms with Gasteiger partial charge in [-0.1, -0.05) is 11.8 Å². The third-order valence-electron chi connectivity index (χ3n) is 2.58. The Kier molecular flexibility index (Phi) is 2.07. The Morgan fingerprint density at radius 3 is 3.06 bits per heavy atom. The highest BCUT2D eigenvalue weighted by atomic mass is 32.2. The van der Waals surface area contributed by atoms with Crippen LogP contribution in [0.5, 0.6) is 5.75 Å². The van der Waals surface area contributed by atoms with Gasteiger partial charge in [-0.25, -0.2) is 0 Å². The third kappa shape index (κ3) is 1.44. The Morgan fingerprint density at radius 2 is 2.31 bits per heavy atom. The topological polar surface area (TPSA) is 53.1 Å². The van der Waals surface area contributed by atoms with Crippen molar-refractivity contribution in [2.75, 3.05) is 11.7 Å². The smallest absolute Gasteiger partial charge is 0.138 e. The molecule has 1 aliphatic heterocycles. The predicted molar refractivity (Wildman–Crippen MR) is 64.4 cm³/mol. The molecule has 2 aromatic rings. The van der Waals surface area contributed by atoms with Gasteiger partial charge in [-0.15, -0.1) is 0 Å². The predicted octanol–water partition coefficient (Wildman–Crippen LogP) is 2.11. The normalized spacial score (nSPS) is 13.6. The molecule has 0 fully saturated rings. The molecule has 3 rings (SSSR count). The highest BCUT2D eigenvalue weighted by Crippen LogP contribution is 2.38. The quantitative estimate of drug-likeness (QED) is 0.819. The number of aryl methyl sites for hydroxylation is 1. The molecule has 0 atom stereocenters. The van der Waals surface area contributed by atoms with Gasteiger partial charge < -0.3 is 10.5 Å². The number of nitrogens with two attached hydrogens (primary N) is 1. The Morgan fingerprint density at radius 1 is 1.44 bits per heavy atom. The van der Waals surface area contributed by atoms with E-state index >= 15 is 0 Å². The molecule has 0 spiro atoms. The molecule has 0 unspecified atom stereocenters. The van der Waals surface area contributed by atoms with Gasteiger partial charge in [0.25, 0.3) is 0 Å². The fourth-order valence-corrected chi connectivity index (χ4v) is 2.47. The lowest BCUT2D eigenvalue weighted by molar-refractivity contribution is 0.397. The van der Waals surface area contributed by atoms with E-state index < -0.39 is 0 Å². The standard InChI is InChI=1S/C11H11N3OS/c1-14-11(12)5-8(13-14)7-2-3-9-10(4-7)16-6-15-9/h2-5H,6,12H2,1H3. The molecular weight excluding hydrogens is 222 g/mol. The van der Waals surface area contributed by atoms with E-state index in [0.29, 0.717) is 11.8 Å². The van der Waals surface area contributed by atoms with E-state index in [-0.39, 0.29) is 0 Å². The molecule has 0 saturated carbocycles. The summed E-state index contributed by atoms with van der Waals surface area (Å²) in [6.07, 6.45) is 0. The van der Waals surface area contributed by atoms with Crippen molar-refractivity contribution in [1.29, 1.82) is 0 Å². The summed E-state index contributed by atoms with van der Waals surface area (Å²) in [5.41, 5.74) is 7.73. The summed E-state index contributed by atoms with van der Waals surface area (Å²) >= 11 is 1.70. The van der Waals surface area contributed by atoms with Crippen molar-refractivity contribution in [3.63, 3.8) is 0 Å². The number of ether oxygens (including phenoxy) is 1. The van der Waals surface area contributed by atoms with Gasteiger partial charge in [0, 0.05) is 18.7 Å². The zero-order chi connectivity index (χ0) is 11.1. The Labute approximate surface area is 97.4 Å². The van der Waals surface area contributed by atoms with Crippen molar-refractivity contribution < 1.29 is 4.74 Å². The molecule has 5 heteroatoms. The summed E-state index contributed by atoms with van der Waals surface area (Å²) in [4.78, 5) is 1.17. The van der Waals surface area contributed by atoms with Crippen molar-refractivity contribution >= 4 is 17.6 Å². The Bertz CT molecular complexity index is 531. The summed E-state index contributed by atoms with van der Waals surface area (Å²) in [7, 11) is 1.84. The van der Waals surface area contributed by atoms with Crippen LogP contribution in [0, 0.1) is 0 Å². The van der Waals surface area contributed by atoms with Crippen LogP contribution >= 0.6 is 11.8 Å². The van der Waals surface area contributed by atoms with Crippen LogP contribution in [-0.2, 0) is 7.05 Å². The maximum Gasteiger partial charge on any atom is 0.138 e. The first-order valence-corrected chi connectivity index (χ1v) is 5.92. The van der Waals surface area contributed by atoms with E-state index in [1.54, 1.807) is 16.4 Å². The molecule has 1 aromatic carbocycles. The molecule has 4 nitrogen and oxygen atoms in total. The highest BCUT2D eigenvalue weighted by Gasteiger charge is 2.14. The van der Waals surface area contributed by atoms with E-state index in [1.165, 1.54) is 4.90 Å². The largest absolute Gasteiger partial charge is 0.481 e. The second-order valence-electron chi connectivity index (χ2n) is 3.65. The molecule has 1 aliphatic rings. The molecule has 16 heavy (non-hydrogen) atoms. The Hall–Kier alpha value is -1.62. The summed E-state index contributed by atoms with van der Waals surface area (Å²) in [5, 5.41) is 4.35. The van der Waals surface area contributed by atoms with Gasteiger partial charge in [-0.05, 0) is 18.2 Å². The molecule has 2 heterocycles. The minimum absolute atomic E-state index is 0.666. The van der Waals surface area contributed by atoms with Crippen LogP contribution in [-0.4, -0.2) is 15.7 Å². The molecular formula is C11H11N3OS. The van der Waals surface area contributed by atoms with Crippen LogP contribution < -0.4 is 10.5 Å². The zero-order valence-corrected chi connectivity index (χ0v) is 9.62. The number of nitrogen functional groups attached to an aromatic ring is 1. The van der Waals surface area contributed by atoms with Crippen molar-refractivity contribution in [3.05, 3.63) is 24.3 Å². The summed E-state index contributed by atoms with van der Waals surface area (Å²) in [6.45, 7) is 0. The van der Waals surface area contributed by atoms with E-state index in [9.17, 15) is 0 Å². The number of hydrogen-bond acceptors (Lipinski definition) is 4. The second kappa shape index (κ2) is 3.45. The van der Waals surface area contributed by atoms with Crippen LogP contribution in [0.1, 0.15) is 0 Å². The lowest BCUT2D eigenvalue weighted by Gasteiger charge is -1.99. The number of anilines is 1. The van der Waals surface area contributed by atoms with E-state index in [2.05, 4.69) is 11.2 Å². The molecule has 0 bridgehead atoms. The fraction of sp³-hybridized carbons (Fsp3) is 0.182. The van der Waals surface area contributed by atoms with Crippen molar-refractivity contribution in [3.8, 4) is 17.0 Å². The lowest BCUT2D eigenvalue weighted by Crippen LogP contribution is -1.96. The first-order chi connectivity index (χ1) is 7.74. The number of thioether (sulfide) groups is 1. The minimum Gasteiger partial charge on any atom is -0.481 e. The number of fused-ring (bicyclic) bond motifs is 1. The monoisotopic (exact) mass is 233 g/mol. The third-order valence-corrected chi connectivity index (χ3v) is 3.45. The van der Waals surface area contributed by atoms with Crippen molar-refractivity contribution in [2.45, 2.75) is 4.90 Å². The van der Waals surface area contributed by atoms with Crippen LogP contribution in [0.4, 0.5) is 5.82 Å². The summed E-state index contributed by atoms with van der Waals surface area (Å²) in [5.74, 6) is 2.32. The van der Waals surface area contributed by atoms with Crippen molar-refractivity contribution in [2.24, 2.45) is 7.05 Å². The molecule has 82 valence electrons. The fourth-order valence-electron chi connectivity index (χ4n) is 1.68. The number of benzene rings is 1. The number of nitrogens with zero attached hydrogens (tertiary/aromatic N) is 2. The average Bonchev–Trinajstić information content (AvgIpc) is 2.85. The van der Waals surface area contributed by atoms with Gasteiger partial charge in [0.05, 0.1) is 10.6 Å². The van der Waals surface area contributed by atoms with Gasteiger partial charge in [0.1, 0.15) is 17.5 Å². The van der Waals surface area contributed by atoms with E-state index in [1.807, 2.05) is 25.2 Å². The summed E-state index contributed by atoms with van der Waals surface area (Å²) in [6, 6.07) is 7.96. The van der Waals surface area contributed by atoms with Crippen LogP contribution in [0.3, 0.4) is 0 Å². The molecule has 0 radical (unpaired) electrons. The zero-order valence-electron chi connectivity index (χ0n) is 8.80. The van der Waals surface area contributed by atoms with Crippen LogP contribution in [0.2, 0.25) is 0 Å². The number of rotatable bonds is 1. The summed E-state index contributed by atoms with van der Waals surface area (Å²) < 4.78 is 7.10. The van der Waals surface area contributed by atoms with Crippen LogP contribution in [0.15, 0.2) is 29.2 Å². The van der Waals surface area contributed by atoms with Gasteiger partial charge in [-0.3, -0.25) is 4.68 Å². The molecule has 0 saturated heterocycles. The molecule has 2 N–H and O–H groups in total. The number of aromatic nitrogens is 2. The van der Waals surface area contributed by atoms with Gasteiger partial charge in [-0.2, -0.15) is 5.10 Å². The van der Waals surface area contributed by atoms with Gasteiger partial charge in [0.15, 0.2) is 0 Å². The van der Waals surface area contributed by atoms with Crippen LogP contribution in [0.25, 0.3) is 11.3 Å².